The van der Waals surface area contributed by atoms with Crippen LogP contribution in [0.2, 0.25) is 0 Å². The molecule has 1 saturated heterocycles. The summed E-state index contributed by atoms with van der Waals surface area (Å²) in [5.74, 6) is 0.715. The van der Waals surface area contributed by atoms with Crippen LogP contribution in [-0.4, -0.2) is 35.6 Å². The number of carbonyl (C=O) groups is 1. The van der Waals surface area contributed by atoms with Crippen LogP contribution in [-0.2, 0) is 11.2 Å². The van der Waals surface area contributed by atoms with Gasteiger partial charge in [-0.1, -0.05) is 35.5 Å². The fourth-order valence-electron chi connectivity index (χ4n) is 2.99. The number of aromatic nitrogens is 1. The normalized spacial score (nSPS) is 19.8. The summed E-state index contributed by atoms with van der Waals surface area (Å²) in [5, 5.41) is 3.80. The summed E-state index contributed by atoms with van der Waals surface area (Å²) in [4.78, 5) is 14.2. The maximum absolute atomic E-state index is 12.4. The van der Waals surface area contributed by atoms with Crippen molar-refractivity contribution in [3.8, 4) is 0 Å². The van der Waals surface area contributed by atoms with E-state index in [2.05, 4.69) is 17.3 Å². The third kappa shape index (κ3) is 4.47. The lowest BCUT2D eigenvalue weighted by molar-refractivity contribution is -0.129. The lowest BCUT2D eigenvalue weighted by Crippen LogP contribution is -2.31. The molecule has 1 aromatic carbocycles. The van der Waals surface area contributed by atoms with Gasteiger partial charge in [-0.15, -0.1) is 24.8 Å². The second-order valence-electron chi connectivity index (χ2n) is 5.48. The van der Waals surface area contributed by atoms with Gasteiger partial charge in [-0.05, 0) is 18.0 Å². The fourth-order valence-corrected chi connectivity index (χ4v) is 2.99. The minimum atomic E-state index is 0. The van der Waals surface area contributed by atoms with Crippen molar-refractivity contribution in [1.29, 1.82) is 0 Å². The largest absolute Gasteiger partial charge is 0.364 e. The molecule has 126 valence electrons. The molecule has 0 saturated carbocycles. The van der Waals surface area contributed by atoms with Crippen molar-refractivity contribution in [1.82, 2.24) is 10.1 Å². The van der Waals surface area contributed by atoms with Crippen LogP contribution < -0.4 is 5.73 Å². The maximum Gasteiger partial charge on any atom is 0.228 e. The molecule has 1 aliphatic heterocycles. The number of halogens is 2. The molecule has 0 radical (unpaired) electrons. The maximum atomic E-state index is 12.4. The second-order valence-corrected chi connectivity index (χ2v) is 5.48. The highest BCUT2D eigenvalue weighted by Crippen LogP contribution is 2.32. The van der Waals surface area contributed by atoms with Crippen molar-refractivity contribution in [2.45, 2.75) is 12.3 Å². The van der Waals surface area contributed by atoms with Gasteiger partial charge < -0.3 is 15.2 Å². The molecule has 2 atom stereocenters. The van der Waals surface area contributed by atoms with Gasteiger partial charge in [0, 0.05) is 25.1 Å². The number of benzene rings is 1. The first-order valence-corrected chi connectivity index (χ1v) is 7.20. The summed E-state index contributed by atoms with van der Waals surface area (Å²) in [6.07, 6.45) is 1.78. The van der Waals surface area contributed by atoms with Crippen LogP contribution in [0, 0.1) is 5.92 Å². The SMILES string of the molecule is Cl.Cl.NC[C@@H]1CN(C(=O)Cc2ccon2)C[C@H]1c1ccccc1. The highest BCUT2D eigenvalue weighted by atomic mass is 35.5. The summed E-state index contributed by atoms with van der Waals surface area (Å²) >= 11 is 0. The molecular formula is C16H21Cl2N3O2. The van der Waals surface area contributed by atoms with E-state index >= 15 is 0 Å². The predicted molar refractivity (Wildman–Crippen MR) is 93.0 cm³/mol. The Morgan fingerprint density at radius 2 is 1.96 bits per heavy atom. The lowest BCUT2D eigenvalue weighted by Gasteiger charge is -2.16. The smallest absolute Gasteiger partial charge is 0.228 e. The predicted octanol–water partition coefficient (Wildman–Crippen LogP) is 2.26. The van der Waals surface area contributed by atoms with Crippen LogP contribution in [0.15, 0.2) is 47.2 Å². The number of hydrogen-bond acceptors (Lipinski definition) is 4. The molecule has 7 heteroatoms. The number of likely N-dealkylation sites (tertiary alicyclic amines) is 1. The van der Waals surface area contributed by atoms with Gasteiger partial charge in [-0.25, -0.2) is 0 Å². The van der Waals surface area contributed by atoms with E-state index in [9.17, 15) is 4.79 Å². The van der Waals surface area contributed by atoms with Crippen molar-refractivity contribution >= 4 is 30.7 Å². The Hall–Kier alpha value is -1.56. The minimum Gasteiger partial charge on any atom is -0.364 e. The third-order valence-corrected chi connectivity index (χ3v) is 4.15. The van der Waals surface area contributed by atoms with E-state index in [4.69, 9.17) is 10.3 Å². The molecule has 2 N–H and O–H groups in total. The fraction of sp³-hybridized carbons (Fsp3) is 0.375. The van der Waals surface area contributed by atoms with Gasteiger partial charge in [0.05, 0.1) is 12.1 Å². The molecule has 5 nitrogen and oxygen atoms in total. The average Bonchev–Trinajstić information content (AvgIpc) is 3.17. The first-order valence-electron chi connectivity index (χ1n) is 7.20. The Bertz CT molecular complexity index is 593. The van der Waals surface area contributed by atoms with Crippen LogP contribution in [0.3, 0.4) is 0 Å². The van der Waals surface area contributed by atoms with Crippen LogP contribution in [0.4, 0.5) is 0 Å². The van der Waals surface area contributed by atoms with Crippen molar-refractivity contribution in [3.63, 3.8) is 0 Å². The van der Waals surface area contributed by atoms with E-state index in [1.54, 1.807) is 6.07 Å². The van der Waals surface area contributed by atoms with Gasteiger partial charge in [-0.2, -0.15) is 0 Å². The first kappa shape index (κ1) is 19.5. The molecule has 1 fully saturated rings. The Kier molecular flexibility index (Phi) is 7.55. The van der Waals surface area contributed by atoms with Gasteiger partial charge >= 0.3 is 0 Å². The summed E-state index contributed by atoms with van der Waals surface area (Å²) in [5.41, 5.74) is 7.82. The molecule has 2 aromatic rings. The van der Waals surface area contributed by atoms with Gasteiger partial charge in [0.1, 0.15) is 6.26 Å². The Morgan fingerprint density at radius 1 is 1.22 bits per heavy atom. The van der Waals surface area contributed by atoms with Crippen molar-refractivity contribution in [2.75, 3.05) is 19.6 Å². The number of nitrogens with two attached hydrogens (primary N) is 1. The molecule has 3 rings (SSSR count). The average molecular weight is 358 g/mol. The Morgan fingerprint density at radius 3 is 2.57 bits per heavy atom. The van der Waals surface area contributed by atoms with E-state index in [-0.39, 0.29) is 37.1 Å². The number of amides is 1. The quantitative estimate of drug-likeness (QED) is 0.910. The summed E-state index contributed by atoms with van der Waals surface area (Å²) in [6.45, 7) is 2.03. The zero-order chi connectivity index (χ0) is 14.7. The van der Waals surface area contributed by atoms with Crippen molar-refractivity contribution < 1.29 is 9.32 Å². The van der Waals surface area contributed by atoms with E-state index < -0.39 is 0 Å². The summed E-state index contributed by atoms with van der Waals surface area (Å²) in [6, 6.07) is 12.0. The Balaban J connectivity index is 0.00000132. The van der Waals surface area contributed by atoms with Crippen LogP contribution in [0.5, 0.6) is 0 Å². The first-order chi connectivity index (χ1) is 10.3. The minimum absolute atomic E-state index is 0. The zero-order valence-corrected chi connectivity index (χ0v) is 14.3. The monoisotopic (exact) mass is 357 g/mol. The summed E-state index contributed by atoms with van der Waals surface area (Å²) in [7, 11) is 0. The molecular weight excluding hydrogens is 337 g/mol. The van der Waals surface area contributed by atoms with E-state index in [0.717, 1.165) is 6.54 Å². The molecule has 1 amide bonds. The lowest BCUT2D eigenvalue weighted by atomic mass is 9.89. The second kappa shape index (κ2) is 8.91. The van der Waals surface area contributed by atoms with Crippen LogP contribution in [0.25, 0.3) is 0 Å². The van der Waals surface area contributed by atoms with Crippen LogP contribution >= 0.6 is 24.8 Å². The van der Waals surface area contributed by atoms with Crippen molar-refractivity contribution in [3.05, 3.63) is 53.9 Å². The van der Waals surface area contributed by atoms with E-state index in [1.807, 2.05) is 23.1 Å². The number of hydrogen-bond donors (Lipinski definition) is 1. The highest BCUT2D eigenvalue weighted by molar-refractivity contribution is 5.85. The molecule has 23 heavy (non-hydrogen) atoms. The molecule has 0 aliphatic carbocycles. The molecule has 0 bridgehead atoms. The molecule has 0 unspecified atom stereocenters. The topological polar surface area (TPSA) is 72.4 Å². The third-order valence-electron chi connectivity index (χ3n) is 4.15. The van der Waals surface area contributed by atoms with E-state index in [1.165, 1.54) is 11.8 Å². The number of carbonyl (C=O) groups excluding carboxylic acids is 1. The highest BCUT2D eigenvalue weighted by Gasteiger charge is 2.35. The molecule has 1 aliphatic rings. The van der Waals surface area contributed by atoms with Gasteiger partial charge in [0.25, 0.3) is 0 Å². The van der Waals surface area contributed by atoms with Gasteiger partial charge in [0.2, 0.25) is 5.91 Å². The van der Waals surface area contributed by atoms with Gasteiger partial charge in [0.15, 0.2) is 0 Å². The number of nitrogens with zero attached hydrogens (tertiary/aromatic N) is 2. The standard InChI is InChI=1S/C16H19N3O2.2ClH/c17-9-13-10-19(16(20)8-14-6-7-21-18-14)11-15(13)12-4-2-1-3-5-12;;/h1-7,13,15H,8-11,17H2;2*1H/t13-,15+;;/m1../s1. The number of rotatable bonds is 4. The van der Waals surface area contributed by atoms with E-state index in [0.29, 0.717) is 30.6 Å². The molecule has 0 spiro atoms. The van der Waals surface area contributed by atoms with Crippen LogP contribution in [0.1, 0.15) is 17.2 Å². The van der Waals surface area contributed by atoms with Crippen molar-refractivity contribution in [2.24, 2.45) is 11.7 Å². The molecule has 1 aromatic heterocycles. The summed E-state index contributed by atoms with van der Waals surface area (Å²) < 4.78 is 4.77. The molecule has 2 heterocycles. The Labute approximate surface area is 148 Å². The van der Waals surface area contributed by atoms with Gasteiger partial charge in [-0.3, -0.25) is 4.79 Å². The zero-order valence-electron chi connectivity index (χ0n) is 12.6.